The van der Waals surface area contributed by atoms with Gasteiger partial charge in [-0.05, 0) is 50.9 Å². The molecule has 3 N–H and O–H groups in total. The van der Waals surface area contributed by atoms with Crippen LogP contribution in [0.5, 0.6) is 0 Å². The lowest BCUT2D eigenvalue weighted by Crippen LogP contribution is -2.42. The second kappa shape index (κ2) is 5.61. The Morgan fingerprint density at radius 3 is 2.65 bits per heavy atom. The van der Waals surface area contributed by atoms with E-state index < -0.39 is 10.0 Å². The van der Waals surface area contributed by atoms with Gasteiger partial charge in [-0.25, -0.2) is 13.1 Å². The molecular formula is C14H23N3O2S. The number of sulfonamides is 1. The maximum absolute atomic E-state index is 12.2. The zero-order valence-electron chi connectivity index (χ0n) is 12.3. The third kappa shape index (κ3) is 2.91. The van der Waals surface area contributed by atoms with Crippen LogP contribution < -0.4 is 15.4 Å². The van der Waals surface area contributed by atoms with Crippen molar-refractivity contribution >= 4 is 21.4 Å². The summed E-state index contributed by atoms with van der Waals surface area (Å²) in [6.07, 6.45) is 2.26. The maximum Gasteiger partial charge on any atom is 0.242 e. The molecule has 2 unspecified atom stereocenters. The molecule has 2 atom stereocenters. The molecule has 0 spiro atoms. The number of hydrogen-bond acceptors (Lipinski definition) is 4. The summed E-state index contributed by atoms with van der Waals surface area (Å²) in [7, 11) is -2.09. The summed E-state index contributed by atoms with van der Waals surface area (Å²) in [5, 5.41) is 0. The van der Waals surface area contributed by atoms with Gasteiger partial charge in [0.1, 0.15) is 4.90 Å². The number of hydrogen-bond donors (Lipinski definition) is 2. The highest BCUT2D eigenvalue weighted by molar-refractivity contribution is 7.89. The Morgan fingerprint density at radius 1 is 1.30 bits per heavy atom. The standard InChI is InChI=1S/C14H23N3O2S/c1-10-4-5-11(2)17(9-10)13-7-6-12(15)8-14(13)20(18,19)16-3/h6-8,10-11,16H,4-5,9,15H2,1-3H3. The van der Waals surface area contributed by atoms with E-state index in [1.54, 1.807) is 6.07 Å². The van der Waals surface area contributed by atoms with Gasteiger partial charge in [-0.15, -0.1) is 0 Å². The van der Waals surface area contributed by atoms with E-state index >= 15 is 0 Å². The van der Waals surface area contributed by atoms with Gasteiger partial charge in [0, 0.05) is 18.3 Å². The molecule has 0 radical (unpaired) electrons. The van der Waals surface area contributed by atoms with Gasteiger partial charge in [-0.3, -0.25) is 0 Å². The van der Waals surface area contributed by atoms with Crippen LogP contribution in [0.15, 0.2) is 23.1 Å². The summed E-state index contributed by atoms with van der Waals surface area (Å²) in [4.78, 5) is 2.44. The molecule has 20 heavy (non-hydrogen) atoms. The highest BCUT2D eigenvalue weighted by Gasteiger charge is 2.28. The van der Waals surface area contributed by atoms with Crippen LogP contribution in [0.3, 0.4) is 0 Å². The summed E-state index contributed by atoms with van der Waals surface area (Å²) >= 11 is 0. The van der Waals surface area contributed by atoms with Crippen molar-refractivity contribution in [1.82, 2.24) is 4.72 Å². The van der Waals surface area contributed by atoms with Crippen LogP contribution in [-0.4, -0.2) is 28.1 Å². The molecule has 1 aromatic rings. The lowest BCUT2D eigenvalue weighted by atomic mass is 9.94. The van der Waals surface area contributed by atoms with E-state index in [9.17, 15) is 8.42 Å². The third-order valence-electron chi connectivity index (χ3n) is 3.97. The number of nitrogen functional groups attached to an aromatic ring is 1. The van der Waals surface area contributed by atoms with Gasteiger partial charge in [0.05, 0.1) is 5.69 Å². The Balaban J connectivity index is 2.51. The van der Waals surface area contributed by atoms with Crippen LogP contribution in [0.25, 0.3) is 0 Å². The average Bonchev–Trinajstić information content (AvgIpc) is 2.41. The Bertz CT molecular complexity index is 586. The maximum atomic E-state index is 12.2. The number of anilines is 2. The molecule has 0 aliphatic carbocycles. The lowest BCUT2D eigenvalue weighted by molar-refractivity contribution is 0.389. The van der Waals surface area contributed by atoms with Crippen LogP contribution in [0, 0.1) is 5.92 Å². The first-order chi connectivity index (χ1) is 9.35. The number of nitrogens with two attached hydrogens (primary N) is 1. The number of rotatable bonds is 3. The first-order valence-corrected chi connectivity index (χ1v) is 8.43. The van der Waals surface area contributed by atoms with E-state index in [1.165, 1.54) is 19.5 Å². The van der Waals surface area contributed by atoms with Crippen molar-refractivity contribution in [2.24, 2.45) is 5.92 Å². The fourth-order valence-electron chi connectivity index (χ4n) is 2.72. The highest BCUT2D eigenvalue weighted by atomic mass is 32.2. The molecule has 1 heterocycles. The number of piperidine rings is 1. The van der Waals surface area contributed by atoms with Crippen molar-refractivity contribution in [1.29, 1.82) is 0 Å². The van der Waals surface area contributed by atoms with E-state index in [2.05, 4.69) is 23.5 Å². The third-order valence-corrected chi connectivity index (χ3v) is 5.41. The van der Waals surface area contributed by atoms with Gasteiger partial charge in [-0.1, -0.05) is 6.92 Å². The van der Waals surface area contributed by atoms with Crippen molar-refractivity contribution < 1.29 is 8.42 Å². The number of nitrogens with one attached hydrogen (secondary N) is 1. The van der Waals surface area contributed by atoms with E-state index in [0.29, 0.717) is 17.6 Å². The minimum Gasteiger partial charge on any atom is -0.399 e. The predicted octanol–water partition coefficient (Wildman–Crippen LogP) is 1.80. The first-order valence-electron chi connectivity index (χ1n) is 6.95. The molecular weight excluding hydrogens is 274 g/mol. The number of benzene rings is 1. The van der Waals surface area contributed by atoms with Gasteiger partial charge in [-0.2, -0.15) is 0 Å². The summed E-state index contributed by atoms with van der Waals surface area (Å²) in [6.45, 7) is 5.21. The average molecular weight is 297 g/mol. The zero-order chi connectivity index (χ0) is 14.9. The van der Waals surface area contributed by atoms with E-state index in [-0.39, 0.29) is 4.90 Å². The minimum absolute atomic E-state index is 0.265. The molecule has 1 saturated heterocycles. The topological polar surface area (TPSA) is 75.4 Å². The molecule has 112 valence electrons. The fraction of sp³-hybridized carbons (Fsp3) is 0.571. The molecule has 2 rings (SSSR count). The van der Waals surface area contributed by atoms with Crippen molar-refractivity contribution in [2.75, 3.05) is 24.2 Å². The second-order valence-corrected chi connectivity index (χ2v) is 7.47. The highest BCUT2D eigenvalue weighted by Crippen LogP contribution is 2.33. The van der Waals surface area contributed by atoms with Crippen molar-refractivity contribution in [3.63, 3.8) is 0 Å². The van der Waals surface area contributed by atoms with Crippen LogP contribution in [0.2, 0.25) is 0 Å². The Hall–Kier alpha value is -1.27. The van der Waals surface area contributed by atoms with E-state index in [4.69, 9.17) is 5.73 Å². The minimum atomic E-state index is -3.51. The van der Waals surface area contributed by atoms with Crippen LogP contribution in [0.4, 0.5) is 11.4 Å². The molecule has 1 aliphatic rings. The molecule has 1 aromatic carbocycles. The molecule has 1 fully saturated rings. The monoisotopic (exact) mass is 297 g/mol. The summed E-state index contributed by atoms with van der Waals surface area (Å²) in [6, 6.07) is 5.44. The van der Waals surface area contributed by atoms with Crippen LogP contribution in [0.1, 0.15) is 26.7 Å². The van der Waals surface area contributed by atoms with E-state index in [1.807, 2.05) is 6.07 Å². The predicted molar refractivity (Wildman–Crippen MR) is 82.3 cm³/mol. The molecule has 0 aromatic heterocycles. The number of nitrogens with zero attached hydrogens (tertiary/aromatic N) is 1. The van der Waals surface area contributed by atoms with Crippen molar-refractivity contribution in [2.45, 2.75) is 37.6 Å². The SMILES string of the molecule is CNS(=O)(=O)c1cc(N)ccc1N1CC(C)CCC1C. The van der Waals surface area contributed by atoms with Gasteiger partial charge < -0.3 is 10.6 Å². The van der Waals surface area contributed by atoms with Gasteiger partial charge in [0.2, 0.25) is 10.0 Å². The lowest BCUT2D eigenvalue weighted by Gasteiger charge is -2.39. The van der Waals surface area contributed by atoms with Crippen molar-refractivity contribution in [3.05, 3.63) is 18.2 Å². The molecule has 0 bridgehead atoms. The molecule has 1 aliphatic heterocycles. The van der Waals surface area contributed by atoms with Gasteiger partial charge in [0.25, 0.3) is 0 Å². The Morgan fingerprint density at radius 2 is 2.00 bits per heavy atom. The Labute approximate surface area is 121 Å². The first kappa shape index (κ1) is 15.1. The van der Waals surface area contributed by atoms with E-state index in [0.717, 1.165) is 18.7 Å². The second-order valence-electron chi connectivity index (χ2n) is 5.62. The fourth-order valence-corrected chi connectivity index (χ4v) is 3.69. The van der Waals surface area contributed by atoms with Gasteiger partial charge in [0.15, 0.2) is 0 Å². The normalized spacial score (nSPS) is 23.9. The Kier molecular flexibility index (Phi) is 4.25. The molecule has 0 amide bonds. The summed E-state index contributed by atoms with van der Waals surface area (Å²) < 4.78 is 26.8. The van der Waals surface area contributed by atoms with Crippen molar-refractivity contribution in [3.8, 4) is 0 Å². The largest absolute Gasteiger partial charge is 0.399 e. The quantitative estimate of drug-likeness (QED) is 0.834. The molecule has 6 heteroatoms. The summed E-state index contributed by atoms with van der Waals surface area (Å²) in [5.41, 5.74) is 6.96. The summed E-state index contributed by atoms with van der Waals surface area (Å²) in [5.74, 6) is 0.564. The molecule has 0 saturated carbocycles. The van der Waals surface area contributed by atoms with Gasteiger partial charge >= 0.3 is 0 Å². The van der Waals surface area contributed by atoms with Crippen LogP contribution in [-0.2, 0) is 10.0 Å². The smallest absolute Gasteiger partial charge is 0.242 e. The molecule has 5 nitrogen and oxygen atoms in total. The zero-order valence-corrected chi connectivity index (χ0v) is 13.1. The van der Waals surface area contributed by atoms with Crippen LogP contribution >= 0.6 is 0 Å².